The van der Waals surface area contributed by atoms with Crippen LogP contribution in [0.4, 0.5) is 0 Å². The molecular weight excluding hydrogens is 284 g/mol. The normalized spacial score (nSPS) is 22.4. The van der Waals surface area contributed by atoms with Gasteiger partial charge in [0.15, 0.2) is 0 Å². The Morgan fingerprint density at radius 2 is 1.95 bits per heavy atom. The van der Waals surface area contributed by atoms with E-state index in [9.17, 15) is 0 Å². The predicted octanol–water partition coefficient (Wildman–Crippen LogP) is 5.22. The molecule has 1 fully saturated rings. The highest BCUT2D eigenvalue weighted by Crippen LogP contribution is 2.38. The van der Waals surface area contributed by atoms with Gasteiger partial charge >= 0.3 is 0 Å². The van der Waals surface area contributed by atoms with Crippen LogP contribution in [0.25, 0.3) is 0 Å². The van der Waals surface area contributed by atoms with Gasteiger partial charge in [0.25, 0.3) is 0 Å². The van der Waals surface area contributed by atoms with E-state index in [0.29, 0.717) is 30.7 Å². The molecule has 1 aromatic carbocycles. The van der Waals surface area contributed by atoms with Crippen LogP contribution in [0.3, 0.4) is 0 Å². The number of epoxide rings is 1. The molecule has 3 heteroatoms. The SMILES string of the molecule is CCOc1c(CC(C)C2OC2CC)cc(Cl)cc1C(C)C. The molecule has 1 saturated heterocycles. The summed E-state index contributed by atoms with van der Waals surface area (Å²) in [7, 11) is 0. The van der Waals surface area contributed by atoms with Crippen LogP contribution in [0.15, 0.2) is 12.1 Å². The van der Waals surface area contributed by atoms with Crippen LogP contribution in [-0.2, 0) is 11.2 Å². The predicted molar refractivity (Wildman–Crippen MR) is 88.5 cm³/mol. The van der Waals surface area contributed by atoms with Crippen LogP contribution >= 0.6 is 11.6 Å². The lowest BCUT2D eigenvalue weighted by Gasteiger charge is -2.20. The molecule has 1 heterocycles. The van der Waals surface area contributed by atoms with Gasteiger partial charge in [0.1, 0.15) is 5.75 Å². The van der Waals surface area contributed by atoms with Crippen molar-refractivity contribution in [2.75, 3.05) is 6.61 Å². The van der Waals surface area contributed by atoms with Crippen LogP contribution in [0.1, 0.15) is 58.1 Å². The largest absolute Gasteiger partial charge is 0.493 e. The highest BCUT2D eigenvalue weighted by molar-refractivity contribution is 6.30. The maximum absolute atomic E-state index is 6.31. The Bertz CT molecular complexity index is 484. The van der Waals surface area contributed by atoms with Gasteiger partial charge in [-0.1, -0.05) is 39.3 Å². The molecule has 0 bridgehead atoms. The highest BCUT2D eigenvalue weighted by Gasteiger charge is 2.41. The first-order valence-corrected chi connectivity index (χ1v) is 8.46. The van der Waals surface area contributed by atoms with E-state index in [2.05, 4.69) is 33.8 Å². The van der Waals surface area contributed by atoms with Crippen LogP contribution in [0.2, 0.25) is 5.02 Å². The second-order valence-electron chi connectivity index (χ2n) is 6.30. The molecule has 2 nitrogen and oxygen atoms in total. The van der Waals surface area contributed by atoms with Crippen molar-refractivity contribution < 1.29 is 9.47 Å². The minimum absolute atomic E-state index is 0.394. The zero-order valence-electron chi connectivity index (χ0n) is 13.8. The average Bonchev–Trinajstić information content (AvgIpc) is 3.20. The lowest BCUT2D eigenvalue weighted by Crippen LogP contribution is -2.12. The Kier molecular flexibility index (Phi) is 5.56. The van der Waals surface area contributed by atoms with E-state index in [0.717, 1.165) is 23.6 Å². The van der Waals surface area contributed by atoms with Crippen LogP contribution < -0.4 is 4.74 Å². The molecule has 1 aromatic rings. The molecule has 0 aliphatic carbocycles. The number of halogens is 1. The minimum atomic E-state index is 0.394. The van der Waals surface area contributed by atoms with E-state index >= 15 is 0 Å². The van der Waals surface area contributed by atoms with Gasteiger partial charge in [0, 0.05) is 5.02 Å². The summed E-state index contributed by atoms with van der Waals surface area (Å²) in [4.78, 5) is 0. The maximum Gasteiger partial charge on any atom is 0.126 e. The van der Waals surface area contributed by atoms with Gasteiger partial charge in [0.2, 0.25) is 0 Å². The Morgan fingerprint density at radius 3 is 2.48 bits per heavy atom. The van der Waals surface area contributed by atoms with E-state index in [1.54, 1.807) is 0 Å². The fourth-order valence-electron chi connectivity index (χ4n) is 3.02. The van der Waals surface area contributed by atoms with Gasteiger partial charge in [-0.15, -0.1) is 0 Å². The van der Waals surface area contributed by atoms with Crippen molar-refractivity contribution in [2.24, 2.45) is 5.92 Å². The summed E-state index contributed by atoms with van der Waals surface area (Å²) in [6.07, 6.45) is 2.89. The number of benzene rings is 1. The second kappa shape index (κ2) is 7.02. The first-order valence-electron chi connectivity index (χ1n) is 8.08. The van der Waals surface area contributed by atoms with Gasteiger partial charge in [-0.25, -0.2) is 0 Å². The van der Waals surface area contributed by atoms with E-state index in [1.165, 1.54) is 11.1 Å². The van der Waals surface area contributed by atoms with E-state index in [4.69, 9.17) is 21.1 Å². The van der Waals surface area contributed by atoms with Crippen molar-refractivity contribution in [3.05, 3.63) is 28.3 Å². The molecule has 0 saturated carbocycles. The molecular formula is C18H27ClO2. The lowest BCUT2D eigenvalue weighted by atomic mass is 9.91. The van der Waals surface area contributed by atoms with Crippen molar-refractivity contribution in [2.45, 2.75) is 65.6 Å². The summed E-state index contributed by atoms with van der Waals surface area (Å²) >= 11 is 6.31. The Morgan fingerprint density at radius 1 is 1.24 bits per heavy atom. The monoisotopic (exact) mass is 310 g/mol. The summed E-state index contributed by atoms with van der Waals surface area (Å²) in [5.41, 5.74) is 2.42. The van der Waals surface area contributed by atoms with E-state index in [1.807, 2.05) is 13.0 Å². The quantitative estimate of drug-likeness (QED) is 0.644. The molecule has 0 N–H and O–H groups in total. The summed E-state index contributed by atoms with van der Waals surface area (Å²) in [5, 5.41) is 0.799. The third-order valence-corrected chi connectivity index (χ3v) is 4.42. The summed E-state index contributed by atoms with van der Waals surface area (Å²) in [6, 6.07) is 4.09. The van der Waals surface area contributed by atoms with Crippen LogP contribution in [-0.4, -0.2) is 18.8 Å². The second-order valence-corrected chi connectivity index (χ2v) is 6.74. The zero-order chi connectivity index (χ0) is 15.6. The number of ether oxygens (including phenoxy) is 2. The number of hydrogen-bond acceptors (Lipinski definition) is 2. The molecule has 1 aliphatic rings. The van der Waals surface area contributed by atoms with Crippen molar-refractivity contribution in [3.8, 4) is 5.75 Å². The summed E-state index contributed by atoms with van der Waals surface area (Å²) in [6.45, 7) is 11.5. The smallest absolute Gasteiger partial charge is 0.126 e. The van der Waals surface area contributed by atoms with Crippen molar-refractivity contribution in [1.29, 1.82) is 0 Å². The fourth-order valence-corrected chi connectivity index (χ4v) is 3.27. The Labute approximate surface area is 133 Å². The third kappa shape index (κ3) is 3.92. The van der Waals surface area contributed by atoms with Crippen LogP contribution in [0, 0.1) is 5.92 Å². The number of hydrogen-bond donors (Lipinski definition) is 0. The van der Waals surface area contributed by atoms with Crippen molar-refractivity contribution >= 4 is 11.6 Å². The fraction of sp³-hybridized carbons (Fsp3) is 0.667. The minimum Gasteiger partial charge on any atom is -0.493 e. The summed E-state index contributed by atoms with van der Waals surface area (Å²) < 4.78 is 11.7. The molecule has 0 radical (unpaired) electrons. The molecule has 0 aromatic heterocycles. The molecule has 21 heavy (non-hydrogen) atoms. The van der Waals surface area contributed by atoms with Gasteiger partial charge < -0.3 is 9.47 Å². The standard InChI is InChI=1S/C18H27ClO2/c1-6-16-17(21-16)12(5)8-13-9-14(19)10-15(11(3)4)18(13)20-7-2/h9-12,16-17H,6-8H2,1-5H3. The van der Waals surface area contributed by atoms with Gasteiger partial charge in [-0.05, 0) is 54.9 Å². The summed E-state index contributed by atoms with van der Waals surface area (Å²) in [5.74, 6) is 1.92. The molecule has 118 valence electrons. The molecule has 3 unspecified atom stereocenters. The first kappa shape index (κ1) is 16.6. The Hall–Kier alpha value is -0.730. The van der Waals surface area contributed by atoms with Gasteiger partial charge in [-0.3, -0.25) is 0 Å². The van der Waals surface area contributed by atoms with E-state index in [-0.39, 0.29) is 0 Å². The average molecular weight is 311 g/mol. The highest BCUT2D eigenvalue weighted by atomic mass is 35.5. The van der Waals surface area contributed by atoms with Gasteiger partial charge in [0.05, 0.1) is 18.8 Å². The topological polar surface area (TPSA) is 21.8 Å². The van der Waals surface area contributed by atoms with Gasteiger partial charge in [-0.2, -0.15) is 0 Å². The molecule has 3 atom stereocenters. The molecule has 0 amide bonds. The van der Waals surface area contributed by atoms with Crippen LogP contribution in [0.5, 0.6) is 5.75 Å². The Balaban J connectivity index is 2.24. The van der Waals surface area contributed by atoms with Crippen molar-refractivity contribution in [1.82, 2.24) is 0 Å². The molecule has 2 rings (SSSR count). The van der Waals surface area contributed by atoms with E-state index < -0.39 is 0 Å². The third-order valence-electron chi connectivity index (χ3n) is 4.20. The van der Waals surface area contributed by atoms with Crippen molar-refractivity contribution in [3.63, 3.8) is 0 Å². The molecule has 0 spiro atoms. The zero-order valence-corrected chi connectivity index (χ0v) is 14.5. The number of rotatable bonds is 7. The molecule has 1 aliphatic heterocycles. The lowest BCUT2D eigenvalue weighted by molar-refractivity contribution is 0.312. The first-order chi connectivity index (χ1) is 9.97. The maximum atomic E-state index is 6.31.